The molecule has 0 unspecified atom stereocenters. The Bertz CT molecular complexity index is 1230. The Hall–Kier alpha value is -3.17. The minimum absolute atomic E-state index is 0.0226. The molecule has 208 valence electrons. The van der Waals surface area contributed by atoms with Crippen LogP contribution in [-0.4, -0.2) is 32.5 Å². The number of aryl methyl sites for hydroxylation is 1. The van der Waals surface area contributed by atoms with Gasteiger partial charge < -0.3 is 23.7 Å². The lowest BCUT2D eigenvalue weighted by Crippen LogP contribution is -2.41. The summed E-state index contributed by atoms with van der Waals surface area (Å²) in [5.41, 5.74) is 0.408. The SMILES string of the molecule is COc1ccc(CN(Cc2ccc(OC)cc2)c2cc(C)c(C(F)(F)F)c(B3OC(C)(C)C(C)(C)O3)c2)cc1. The van der Waals surface area contributed by atoms with E-state index in [1.807, 2.05) is 81.1 Å². The molecule has 0 spiro atoms. The number of halogens is 3. The fourth-order valence-corrected chi connectivity index (χ4v) is 4.66. The zero-order valence-corrected chi connectivity index (χ0v) is 23.5. The second-order valence-corrected chi connectivity index (χ2v) is 10.9. The van der Waals surface area contributed by atoms with Gasteiger partial charge >= 0.3 is 13.3 Å². The summed E-state index contributed by atoms with van der Waals surface area (Å²) < 4.78 is 65.9. The van der Waals surface area contributed by atoms with E-state index in [0.717, 1.165) is 22.6 Å². The first kappa shape index (κ1) is 28.8. The fourth-order valence-electron chi connectivity index (χ4n) is 4.66. The number of nitrogens with zero attached hydrogens (tertiary/aromatic N) is 1. The fraction of sp³-hybridized carbons (Fsp3) is 0.400. The Balaban J connectivity index is 1.80. The van der Waals surface area contributed by atoms with Crippen molar-refractivity contribution < 1.29 is 32.0 Å². The van der Waals surface area contributed by atoms with Crippen LogP contribution >= 0.6 is 0 Å². The van der Waals surface area contributed by atoms with Gasteiger partial charge in [-0.25, -0.2) is 0 Å². The van der Waals surface area contributed by atoms with Gasteiger partial charge in [0, 0.05) is 18.8 Å². The lowest BCUT2D eigenvalue weighted by Gasteiger charge is -2.32. The van der Waals surface area contributed by atoms with Crippen molar-refractivity contribution in [2.24, 2.45) is 0 Å². The van der Waals surface area contributed by atoms with Gasteiger partial charge in [0.2, 0.25) is 0 Å². The normalized spacial score (nSPS) is 16.3. The quantitative estimate of drug-likeness (QED) is 0.303. The molecule has 1 heterocycles. The molecule has 39 heavy (non-hydrogen) atoms. The van der Waals surface area contributed by atoms with Crippen LogP contribution in [0.2, 0.25) is 0 Å². The number of alkyl halides is 3. The van der Waals surface area contributed by atoms with Crippen molar-refractivity contribution in [2.45, 2.75) is 65.1 Å². The van der Waals surface area contributed by atoms with Crippen LogP contribution in [0.5, 0.6) is 11.5 Å². The molecule has 9 heteroatoms. The monoisotopic (exact) mass is 541 g/mol. The van der Waals surface area contributed by atoms with Crippen molar-refractivity contribution >= 4 is 18.3 Å². The Kier molecular flexibility index (Phi) is 7.97. The maximum Gasteiger partial charge on any atom is 0.495 e. The summed E-state index contributed by atoms with van der Waals surface area (Å²) in [4.78, 5) is 2.05. The molecule has 1 aliphatic rings. The molecule has 3 aromatic rings. The highest BCUT2D eigenvalue weighted by molar-refractivity contribution is 6.63. The first-order chi connectivity index (χ1) is 18.2. The zero-order chi connectivity index (χ0) is 28.6. The number of methoxy groups -OCH3 is 2. The Morgan fingerprint density at radius 2 is 1.21 bits per heavy atom. The third kappa shape index (κ3) is 6.20. The maximum atomic E-state index is 14.4. The van der Waals surface area contributed by atoms with Gasteiger partial charge in [-0.1, -0.05) is 24.3 Å². The largest absolute Gasteiger partial charge is 0.497 e. The van der Waals surface area contributed by atoms with Crippen molar-refractivity contribution in [3.05, 3.63) is 82.9 Å². The summed E-state index contributed by atoms with van der Waals surface area (Å²) in [6, 6.07) is 18.4. The van der Waals surface area contributed by atoms with Gasteiger partial charge in [-0.05, 0) is 93.2 Å². The van der Waals surface area contributed by atoms with E-state index in [-0.39, 0.29) is 11.0 Å². The summed E-state index contributed by atoms with van der Waals surface area (Å²) in [5.74, 6) is 1.46. The van der Waals surface area contributed by atoms with E-state index in [9.17, 15) is 13.2 Å². The Labute approximate surface area is 229 Å². The van der Waals surface area contributed by atoms with Gasteiger partial charge in [-0.3, -0.25) is 0 Å². The average Bonchev–Trinajstić information content (AvgIpc) is 3.09. The molecular formula is C30H35BF3NO4. The van der Waals surface area contributed by atoms with Crippen molar-refractivity contribution in [1.29, 1.82) is 0 Å². The van der Waals surface area contributed by atoms with Crippen LogP contribution in [0, 0.1) is 6.92 Å². The third-order valence-electron chi connectivity index (χ3n) is 7.57. The smallest absolute Gasteiger partial charge is 0.495 e. The molecule has 1 aliphatic heterocycles. The highest BCUT2D eigenvalue weighted by Gasteiger charge is 2.54. The third-order valence-corrected chi connectivity index (χ3v) is 7.57. The number of ether oxygens (including phenoxy) is 2. The highest BCUT2D eigenvalue weighted by Crippen LogP contribution is 2.40. The molecule has 0 radical (unpaired) electrons. The molecule has 1 fully saturated rings. The molecular weight excluding hydrogens is 506 g/mol. The number of anilines is 1. The molecule has 0 N–H and O–H groups in total. The molecule has 3 aromatic carbocycles. The molecule has 4 rings (SSSR count). The van der Waals surface area contributed by atoms with Gasteiger partial charge in [0.15, 0.2) is 0 Å². The van der Waals surface area contributed by atoms with Crippen LogP contribution in [0.25, 0.3) is 0 Å². The van der Waals surface area contributed by atoms with Crippen LogP contribution in [0.3, 0.4) is 0 Å². The van der Waals surface area contributed by atoms with Crippen LogP contribution in [0.1, 0.15) is 49.9 Å². The van der Waals surface area contributed by atoms with Crippen LogP contribution in [-0.2, 0) is 28.6 Å². The van der Waals surface area contributed by atoms with Crippen molar-refractivity contribution in [3.63, 3.8) is 0 Å². The number of benzene rings is 3. The summed E-state index contributed by atoms with van der Waals surface area (Å²) in [5, 5.41) is 0. The van der Waals surface area contributed by atoms with Gasteiger partial charge in [-0.15, -0.1) is 0 Å². The van der Waals surface area contributed by atoms with E-state index in [0.29, 0.717) is 18.8 Å². The standard InChI is InChI=1S/C30H35BF3NO4/c1-20-16-23(17-26(27(20)30(32,33)34)31-38-28(2,3)29(4,5)39-31)35(18-21-8-12-24(36-6)13-9-21)19-22-10-14-25(37-7)15-11-22/h8-17H,18-19H2,1-7H3. The lowest BCUT2D eigenvalue weighted by molar-refractivity contribution is -0.137. The molecule has 1 saturated heterocycles. The highest BCUT2D eigenvalue weighted by atomic mass is 19.4. The van der Waals surface area contributed by atoms with Crippen molar-refractivity contribution in [2.75, 3.05) is 19.1 Å². The predicted octanol–water partition coefficient (Wildman–Crippen LogP) is 6.54. The maximum absolute atomic E-state index is 14.4. The van der Waals surface area contributed by atoms with Gasteiger partial charge in [-0.2, -0.15) is 13.2 Å². The van der Waals surface area contributed by atoms with Crippen LogP contribution in [0.15, 0.2) is 60.7 Å². The van der Waals surface area contributed by atoms with E-state index in [1.165, 1.54) is 6.92 Å². The number of rotatable bonds is 8. The van der Waals surface area contributed by atoms with E-state index in [2.05, 4.69) is 0 Å². The van der Waals surface area contributed by atoms with E-state index < -0.39 is 30.1 Å². The first-order valence-corrected chi connectivity index (χ1v) is 12.8. The number of hydrogen-bond acceptors (Lipinski definition) is 5. The molecule has 0 amide bonds. The molecule has 0 aliphatic carbocycles. The number of hydrogen-bond donors (Lipinski definition) is 0. The van der Waals surface area contributed by atoms with Crippen LogP contribution < -0.4 is 19.8 Å². The summed E-state index contributed by atoms with van der Waals surface area (Å²) >= 11 is 0. The molecule has 0 aromatic heterocycles. The van der Waals surface area contributed by atoms with Gasteiger partial charge in [0.25, 0.3) is 0 Å². The van der Waals surface area contributed by atoms with E-state index in [1.54, 1.807) is 26.4 Å². The predicted molar refractivity (Wildman–Crippen MR) is 148 cm³/mol. The van der Waals surface area contributed by atoms with Gasteiger partial charge in [0.1, 0.15) is 11.5 Å². The molecule has 0 atom stereocenters. The Morgan fingerprint density at radius 1 is 0.769 bits per heavy atom. The molecule has 0 bridgehead atoms. The molecule has 0 saturated carbocycles. The topological polar surface area (TPSA) is 40.2 Å². The lowest BCUT2D eigenvalue weighted by atomic mass is 9.74. The first-order valence-electron chi connectivity index (χ1n) is 12.8. The van der Waals surface area contributed by atoms with Crippen LogP contribution in [0.4, 0.5) is 18.9 Å². The Morgan fingerprint density at radius 3 is 1.59 bits per heavy atom. The zero-order valence-electron chi connectivity index (χ0n) is 23.5. The average molecular weight is 541 g/mol. The van der Waals surface area contributed by atoms with Crippen molar-refractivity contribution in [1.82, 2.24) is 0 Å². The molecule has 5 nitrogen and oxygen atoms in total. The summed E-state index contributed by atoms with van der Waals surface area (Å²) in [6.07, 6.45) is -4.57. The van der Waals surface area contributed by atoms with E-state index >= 15 is 0 Å². The minimum Gasteiger partial charge on any atom is -0.497 e. The van der Waals surface area contributed by atoms with E-state index in [4.69, 9.17) is 18.8 Å². The second kappa shape index (κ2) is 10.8. The summed E-state index contributed by atoms with van der Waals surface area (Å²) in [6.45, 7) is 9.73. The van der Waals surface area contributed by atoms with Crippen molar-refractivity contribution in [3.8, 4) is 11.5 Å². The van der Waals surface area contributed by atoms with Gasteiger partial charge in [0.05, 0.1) is 31.0 Å². The second-order valence-electron chi connectivity index (χ2n) is 10.9. The minimum atomic E-state index is -4.57. The summed E-state index contributed by atoms with van der Waals surface area (Å²) in [7, 11) is 2.05.